The number of anilines is 1. The van der Waals surface area contributed by atoms with Crippen molar-refractivity contribution >= 4 is 33.2 Å². The number of rotatable bonds is 2. The molecule has 1 aliphatic carbocycles. The number of nitrogens with one attached hydrogen (secondary N) is 1. The lowest BCUT2D eigenvalue weighted by atomic mass is 9.87. The summed E-state index contributed by atoms with van der Waals surface area (Å²) >= 11 is 9.53. The van der Waals surface area contributed by atoms with Crippen molar-refractivity contribution in [1.29, 1.82) is 0 Å². The van der Waals surface area contributed by atoms with Crippen molar-refractivity contribution in [2.45, 2.75) is 25.3 Å². The molecule has 4 heteroatoms. The van der Waals surface area contributed by atoms with Crippen LogP contribution in [0.4, 0.5) is 5.69 Å². The number of hydrogen-bond donors (Lipinski definition) is 2. The molecule has 2 nitrogen and oxygen atoms in total. The molecule has 0 radical (unpaired) electrons. The van der Waals surface area contributed by atoms with Gasteiger partial charge in [-0.25, -0.2) is 0 Å². The van der Waals surface area contributed by atoms with E-state index in [1.54, 1.807) is 6.07 Å². The Hall–Kier alpha value is -1.19. The molecule has 0 amide bonds. The molecule has 104 valence electrons. The van der Waals surface area contributed by atoms with Gasteiger partial charge >= 0.3 is 0 Å². The van der Waals surface area contributed by atoms with E-state index in [1.807, 2.05) is 30.3 Å². The number of benzene rings is 2. The monoisotopic (exact) mass is 351 g/mol. The van der Waals surface area contributed by atoms with Crippen molar-refractivity contribution in [2.24, 2.45) is 0 Å². The van der Waals surface area contributed by atoms with E-state index >= 15 is 0 Å². The zero-order valence-corrected chi connectivity index (χ0v) is 13.2. The summed E-state index contributed by atoms with van der Waals surface area (Å²) in [5.74, 6) is 0.325. The van der Waals surface area contributed by atoms with Gasteiger partial charge in [0.05, 0.1) is 11.1 Å². The second-order valence-electron chi connectivity index (χ2n) is 5.10. The molecular weight excluding hydrogens is 338 g/mol. The number of aryl methyl sites for hydroxylation is 1. The minimum Gasteiger partial charge on any atom is -0.508 e. The number of hydrogen-bond acceptors (Lipinski definition) is 2. The van der Waals surface area contributed by atoms with Crippen LogP contribution in [0.15, 0.2) is 40.9 Å². The third-order valence-electron chi connectivity index (χ3n) is 3.70. The summed E-state index contributed by atoms with van der Waals surface area (Å²) in [5, 5.41) is 13.9. The smallest absolute Gasteiger partial charge is 0.115 e. The number of halogens is 2. The first-order chi connectivity index (χ1) is 9.63. The maximum absolute atomic E-state index is 9.70. The van der Waals surface area contributed by atoms with Gasteiger partial charge in [-0.3, -0.25) is 0 Å². The molecule has 20 heavy (non-hydrogen) atoms. The average molecular weight is 353 g/mol. The lowest BCUT2D eigenvalue weighted by molar-refractivity contribution is 0.471. The summed E-state index contributed by atoms with van der Waals surface area (Å²) in [5.41, 5.74) is 3.50. The highest BCUT2D eigenvalue weighted by Crippen LogP contribution is 2.35. The van der Waals surface area contributed by atoms with Gasteiger partial charge in [0.15, 0.2) is 0 Å². The van der Waals surface area contributed by atoms with E-state index in [0.717, 1.165) is 29.4 Å². The molecule has 0 saturated carbocycles. The summed E-state index contributed by atoms with van der Waals surface area (Å²) in [6.45, 7) is 0. The predicted octanol–water partition coefficient (Wildman–Crippen LogP) is 5.30. The van der Waals surface area contributed by atoms with Crippen LogP contribution in [0.2, 0.25) is 5.02 Å². The fourth-order valence-electron chi connectivity index (χ4n) is 2.72. The van der Waals surface area contributed by atoms with Crippen molar-refractivity contribution in [1.82, 2.24) is 0 Å². The summed E-state index contributed by atoms with van der Waals surface area (Å²) in [6, 6.07) is 11.7. The first-order valence-electron chi connectivity index (χ1n) is 6.67. The Balaban J connectivity index is 1.89. The van der Waals surface area contributed by atoms with Crippen molar-refractivity contribution in [2.75, 3.05) is 5.32 Å². The lowest BCUT2D eigenvalue weighted by Gasteiger charge is -2.27. The molecule has 3 rings (SSSR count). The molecule has 0 fully saturated rings. The van der Waals surface area contributed by atoms with Gasteiger partial charge in [0.1, 0.15) is 5.75 Å². The Bertz CT molecular complexity index is 644. The molecule has 0 spiro atoms. The minimum atomic E-state index is 0.225. The fourth-order valence-corrected chi connectivity index (χ4v) is 3.15. The second kappa shape index (κ2) is 5.66. The summed E-state index contributed by atoms with van der Waals surface area (Å²) in [7, 11) is 0. The fraction of sp³-hybridized carbons (Fsp3) is 0.250. The van der Waals surface area contributed by atoms with Crippen LogP contribution in [0.25, 0.3) is 0 Å². The molecule has 1 unspecified atom stereocenters. The highest BCUT2D eigenvalue weighted by Gasteiger charge is 2.20. The van der Waals surface area contributed by atoms with E-state index < -0.39 is 0 Å². The van der Waals surface area contributed by atoms with Crippen molar-refractivity contribution < 1.29 is 5.11 Å². The van der Waals surface area contributed by atoms with Gasteiger partial charge in [-0.15, -0.1) is 0 Å². The molecule has 2 aromatic rings. The Morgan fingerprint density at radius 3 is 2.85 bits per heavy atom. The van der Waals surface area contributed by atoms with E-state index in [2.05, 4.69) is 21.2 Å². The van der Waals surface area contributed by atoms with Gasteiger partial charge < -0.3 is 10.4 Å². The van der Waals surface area contributed by atoms with Gasteiger partial charge in [-0.1, -0.05) is 17.7 Å². The summed E-state index contributed by atoms with van der Waals surface area (Å²) < 4.78 is 0.895. The van der Waals surface area contributed by atoms with Crippen LogP contribution in [0.1, 0.15) is 30.0 Å². The lowest BCUT2D eigenvalue weighted by Crippen LogP contribution is -2.17. The Kier molecular flexibility index (Phi) is 3.90. The maximum atomic E-state index is 9.70. The van der Waals surface area contributed by atoms with Crippen molar-refractivity contribution in [3.8, 4) is 5.75 Å². The first kappa shape index (κ1) is 13.8. The molecular formula is C16H15BrClNO. The zero-order valence-electron chi connectivity index (χ0n) is 10.9. The molecule has 0 saturated heterocycles. The van der Waals surface area contributed by atoms with Gasteiger partial charge in [-0.2, -0.15) is 0 Å². The Morgan fingerprint density at radius 2 is 2.05 bits per heavy atom. The topological polar surface area (TPSA) is 32.3 Å². The molecule has 0 aliphatic heterocycles. The van der Waals surface area contributed by atoms with E-state index in [-0.39, 0.29) is 6.04 Å². The molecule has 0 aromatic heterocycles. The van der Waals surface area contributed by atoms with E-state index in [1.165, 1.54) is 11.1 Å². The normalized spacial score (nSPS) is 17.6. The van der Waals surface area contributed by atoms with Gasteiger partial charge in [0, 0.05) is 10.2 Å². The maximum Gasteiger partial charge on any atom is 0.115 e. The van der Waals surface area contributed by atoms with Crippen LogP contribution in [-0.2, 0) is 6.42 Å². The highest BCUT2D eigenvalue weighted by molar-refractivity contribution is 9.10. The Labute approximate surface area is 131 Å². The molecule has 0 heterocycles. The first-order valence-corrected chi connectivity index (χ1v) is 7.84. The SMILES string of the molecule is Oc1ccc2c(c1)C(Nc1ccc(Br)c(Cl)c1)CCC2. The van der Waals surface area contributed by atoms with Crippen LogP contribution in [0.3, 0.4) is 0 Å². The van der Waals surface area contributed by atoms with Crippen LogP contribution in [0.5, 0.6) is 5.75 Å². The van der Waals surface area contributed by atoms with Gasteiger partial charge in [-0.05, 0) is 76.7 Å². The second-order valence-corrected chi connectivity index (χ2v) is 6.36. The average Bonchev–Trinajstić information content (AvgIpc) is 2.44. The zero-order chi connectivity index (χ0) is 14.1. The summed E-state index contributed by atoms with van der Waals surface area (Å²) in [4.78, 5) is 0. The number of phenolic OH excluding ortho intramolecular Hbond substituents is 1. The largest absolute Gasteiger partial charge is 0.508 e. The van der Waals surface area contributed by atoms with Gasteiger partial charge in [0.2, 0.25) is 0 Å². The van der Waals surface area contributed by atoms with Crippen LogP contribution in [0, 0.1) is 0 Å². The Morgan fingerprint density at radius 1 is 1.20 bits per heavy atom. The quantitative estimate of drug-likeness (QED) is 0.769. The highest BCUT2D eigenvalue weighted by atomic mass is 79.9. The van der Waals surface area contributed by atoms with Crippen LogP contribution >= 0.6 is 27.5 Å². The van der Waals surface area contributed by atoms with E-state index in [9.17, 15) is 5.11 Å². The van der Waals surface area contributed by atoms with Crippen LogP contribution in [-0.4, -0.2) is 5.11 Å². The number of aromatic hydroxyl groups is 1. The van der Waals surface area contributed by atoms with E-state index in [0.29, 0.717) is 10.8 Å². The third-order valence-corrected chi connectivity index (χ3v) is 4.94. The summed E-state index contributed by atoms with van der Waals surface area (Å²) in [6.07, 6.45) is 3.29. The van der Waals surface area contributed by atoms with E-state index in [4.69, 9.17) is 11.6 Å². The van der Waals surface area contributed by atoms with Crippen molar-refractivity contribution in [3.05, 3.63) is 57.0 Å². The molecule has 2 N–H and O–H groups in total. The molecule has 1 atom stereocenters. The van der Waals surface area contributed by atoms with Crippen molar-refractivity contribution in [3.63, 3.8) is 0 Å². The minimum absolute atomic E-state index is 0.225. The van der Waals surface area contributed by atoms with Gasteiger partial charge in [0.25, 0.3) is 0 Å². The number of phenols is 1. The standard InChI is InChI=1S/C16H15BrClNO/c17-14-7-5-11(8-15(14)18)19-16-3-1-2-10-4-6-12(20)9-13(10)16/h4-9,16,19-20H,1-3H2. The molecule has 0 bridgehead atoms. The molecule has 1 aliphatic rings. The van der Waals surface area contributed by atoms with Crippen LogP contribution < -0.4 is 5.32 Å². The third kappa shape index (κ3) is 2.79. The number of fused-ring (bicyclic) bond motifs is 1. The predicted molar refractivity (Wildman–Crippen MR) is 86.6 cm³/mol. The molecule has 2 aromatic carbocycles.